The fourth-order valence-corrected chi connectivity index (χ4v) is 3.94. The van der Waals surface area contributed by atoms with Crippen molar-refractivity contribution in [2.45, 2.75) is 32.3 Å². The number of aromatic nitrogens is 1. The van der Waals surface area contributed by atoms with Crippen molar-refractivity contribution < 1.29 is 9.53 Å². The summed E-state index contributed by atoms with van der Waals surface area (Å²) < 4.78 is 5.61. The number of carbonyl (C=O) groups is 1. The molecule has 0 spiro atoms. The van der Waals surface area contributed by atoms with Gasteiger partial charge in [0.25, 0.3) is 0 Å². The molecule has 1 unspecified atom stereocenters. The molecule has 1 fully saturated rings. The van der Waals surface area contributed by atoms with Crippen molar-refractivity contribution in [3.63, 3.8) is 0 Å². The lowest BCUT2D eigenvalue weighted by atomic mass is 10.1. The van der Waals surface area contributed by atoms with Crippen LogP contribution in [0.25, 0.3) is 0 Å². The van der Waals surface area contributed by atoms with Gasteiger partial charge in [-0.2, -0.15) is 0 Å². The molecule has 1 atom stereocenters. The summed E-state index contributed by atoms with van der Waals surface area (Å²) in [5.74, 6) is -0.0306. The van der Waals surface area contributed by atoms with E-state index in [4.69, 9.17) is 4.74 Å². The summed E-state index contributed by atoms with van der Waals surface area (Å²) >= 11 is 1.54. The molecule has 1 aliphatic heterocycles. The maximum absolute atomic E-state index is 12.2. The molecular formula is C19H25N3O2S. The topological polar surface area (TPSA) is 54.5 Å². The van der Waals surface area contributed by atoms with E-state index in [1.165, 1.54) is 22.5 Å². The largest absolute Gasteiger partial charge is 0.377 e. The van der Waals surface area contributed by atoms with Crippen LogP contribution in [-0.4, -0.2) is 48.6 Å². The molecule has 6 heteroatoms. The van der Waals surface area contributed by atoms with Crippen molar-refractivity contribution >= 4 is 22.4 Å². The van der Waals surface area contributed by atoms with Gasteiger partial charge in [-0.3, -0.25) is 9.69 Å². The molecule has 1 amide bonds. The minimum atomic E-state index is -0.0306. The van der Waals surface area contributed by atoms with Crippen molar-refractivity contribution in [1.29, 1.82) is 0 Å². The van der Waals surface area contributed by atoms with Crippen LogP contribution in [0.1, 0.15) is 28.8 Å². The number of aryl methyl sites for hydroxylation is 1. The first-order valence-electron chi connectivity index (χ1n) is 8.69. The zero-order valence-electron chi connectivity index (χ0n) is 14.8. The number of amides is 1. The summed E-state index contributed by atoms with van der Waals surface area (Å²) in [5, 5.41) is 3.57. The summed E-state index contributed by atoms with van der Waals surface area (Å²) in [6.07, 6.45) is 5.15. The van der Waals surface area contributed by atoms with Gasteiger partial charge in [0.05, 0.1) is 12.6 Å². The molecule has 1 aliphatic rings. The number of nitrogens with zero attached hydrogens (tertiary/aromatic N) is 2. The number of hydrogen-bond donors (Lipinski definition) is 1. The molecule has 1 N–H and O–H groups in total. The normalized spacial score (nSPS) is 17.2. The molecule has 0 bridgehead atoms. The Morgan fingerprint density at radius 3 is 3.12 bits per heavy atom. The van der Waals surface area contributed by atoms with Gasteiger partial charge in [-0.15, -0.1) is 11.3 Å². The highest BCUT2D eigenvalue weighted by Crippen LogP contribution is 2.21. The lowest BCUT2D eigenvalue weighted by Crippen LogP contribution is -2.35. The van der Waals surface area contributed by atoms with Gasteiger partial charge in [-0.25, -0.2) is 4.98 Å². The molecule has 1 aromatic carbocycles. The summed E-state index contributed by atoms with van der Waals surface area (Å²) in [4.78, 5) is 19.7. The first-order valence-corrected chi connectivity index (χ1v) is 9.50. The van der Waals surface area contributed by atoms with Crippen molar-refractivity contribution in [2.24, 2.45) is 0 Å². The molecule has 25 heavy (non-hydrogen) atoms. The molecule has 2 aromatic rings. The van der Waals surface area contributed by atoms with Gasteiger partial charge in [-0.05, 0) is 32.4 Å². The zero-order valence-corrected chi connectivity index (χ0v) is 15.6. The Bertz CT molecular complexity index is 710. The highest BCUT2D eigenvalue weighted by Gasteiger charge is 2.18. The standard InChI is InChI=1S/C19H25N3O2S/c1-14-5-3-6-15(9-14)10-17-11-20-19(25-17)21-18(23)13-22(2)12-16-7-4-8-24-16/h3,5-6,9,11,16H,4,7-8,10,12-13H2,1-2H3,(H,20,21,23). The first kappa shape index (κ1) is 18.0. The van der Waals surface area contributed by atoms with Crippen LogP contribution in [0, 0.1) is 6.92 Å². The van der Waals surface area contributed by atoms with E-state index in [1.54, 1.807) is 0 Å². The SMILES string of the molecule is Cc1cccc(Cc2cnc(NC(=O)CN(C)CC3CCCO3)s2)c1. The number of benzene rings is 1. The third kappa shape index (κ3) is 5.63. The van der Waals surface area contributed by atoms with Crippen LogP contribution in [0.5, 0.6) is 0 Å². The van der Waals surface area contributed by atoms with Gasteiger partial charge in [-0.1, -0.05) is 29.8 Å². The Balaban J connectivity index is 1.47. The number of ether oxygens (including phenoxy) is 1. The number of hydrogen-bond acceptors (Lipinski definition) is 5. The van der Waals surface area contributed by atoms with Crippen LogP contribution in [0.3, 0.4) is 0 Å². The summed E-state index contributed by atoms with van der Waals surface area (Å²) in [5.41, 5.74) is 2.52. The monoisotopic (exact) mass is 359 g/mol. The Kier molecular flexibility index (Phi) is 6.18. The molecule has 1 aromatic heterocycles. The number of anilines is 1. The minimum Gasteiger partial charge on any atom is -0.377 e. The number of nitrogens with one attached hydrogen (secondary N) is 1. The van der Waals surface area contributed by atoms with Crippen LogP contribution < -0.4 is 5.32 Å². The Morgan fingerprint density at radius 2 is 2.36 bits per heavy atom. The van der Waals surface area contributed by atoms with Crippen molar-refractivity contribution in [3.05, 3.63) is 46.5 Å². The van der Waals surface area contributed by atoms with Crippen LogP contribution in [0.15, 0.2) is 30.5 Å². The van der Waals surface area contributed by atoms with E-state index in [-0.39, 0.29) is 12.0 Å². The van der Waals surface area contributed by atoms with Crippen LogP contribution in [-0.2, 0) is 16.0 Å². The van der Waals surface area contributed by atoms with Crippen molar-refractivity contribution in [1.82, 2.24) is 9.88 Å². The van der Waals surface area contributed by atoms with Crippen molar-refractivity contribution in [2.75, 3.05) is 32.1 Å². The lowest BCUT2D eigenvalue weighted by Gasteiger charge is -2.19. The van der Waals surface area contributed by atoms with E-state index in [0.29, 0.717) is 11.7 Å². The number of thiazole rings is 1. The van der Waals surface area contributed by atoms with Gasteiger partial charge >= 0.3 is 0 Å². The van der Waals surface area contributed by atoms with Gasteiger partial charge in [0.2, 0.25) is 5.91 Å². The van der Waals surface area contributed by atoms with E-state index in [0.717, 1.165) is 37.3 Å². The third-order valence-corrected chi connectivity index (χ3v) is 5.13. The number of carbonyl (C=O) groups excluding carboxylic acids is 1. The van der Waals surface area contributed by atoms with Crippen LogP contribution in [0.4, 0.5) is 5.13 Å². The Labute approximate surface area is 153 Å². The fraction of sp³-hybridized carbons (Fsp3) is 0.474. The van der Waals surface area contributed by atoms with E-state index < -0.39 is 0 Å². The Morgan fingerprint density at radius 1 is 1.48 bits per heavy atom. The van der Waals surface area contributed by atoms with Gasteiger partial charge in [0, 0.05) is 30.6 Å². The van der Waals surface area contributed by atoms with E-state index in [2.05, 4.69) is 41.5 Å². The average molecular weight is 359 g/mol. The molecule has 5 nitrogen and oxygen atoms in total. The smallest absolute Gasteiger partial charge is 0.240 e. The van der Waals surface area contributed by atoms with Gasteiger partial charge in [0.1, 0.15) is 0 Å². The number of rotatable bonds is 7. The van der Waals surface area contributed by atoms with Crippen LogP contribution in [0.2, 0.25) is 0 Å². The number of likely N-dealkylation sites (N-methyl/N-ethyl adjacent to an activating group) is 1. The highest BCUT2D eigenvalue weighted by atomic mass is 32.1. The molecule has 0 aliphatic carbocycles. The third-order valence-electron chi connectivity index (χ3n) is 4.21. The molecule has 2 heterocycles. The van der Waals surface area contributed by atoms with E-state index in [1.807, 2.05) is 18.1 Å². The van der Waals surface area contributed by atoms with E-state index in [9.17, 15) is 4.79 Å². The predicted octanol–water partition coefficient (Wildman–Crippen LogP) is 3.09. The minimum absolute atomic E-state index is 0.0306. The molecule has 0 radical (unpaired) electrons. The molecule has 3 rings (SSSR count). The van der Waals surface area contributed by atoms with Crippen LogP contribution >= 0.6 is 11.3 Å². The van der Waals surface area contributed by atoms with E-state index >= 15 is 0 Å². The maximum atomic E-state index is 12.2. The molecule has 0 saturated carbocycles. The highest BCUT2D eigenvalue weighted by molar-refractivity contribution is 7.15. The molecular weight excluding hydrogens is 334 g/mol. The summed E-state index contributed by atoms with van der Waals surface area (Å²) in [6, 6.07) is 8.45. The zero-order chi connectivity index (χ0) is 17.6. The first-order chi connectivity index (χ1) is 12.1. The quantitative estimate of drug-likeness (QED) is 0.825. The second-order valence-corrected chi connectivity index (χ2v) is 7.79. The molecule has 1 saturated heterocycles. The lowest BCUT2D eigenvalue weighted by molar-refractivity contribution is -0.117. The predicted molar refractivity (Wildman–Crippen MR) is 101 cm³/mol. The van der Waals surface area contributed by atoms with Gasteiger partial charge in [0.15, 0.2) is 5.13 Å². The van der Waals surface area contributed by atoms with Crippen molar-refractivity contribution in [3.8, 4) is 0 Å². The second kappa shape index (κ2) is 8.56. The van der Waals surface area contributed by atoms with Gasteiger partial charge < -0.3 is 10.1 Å². The second-order valence-electron chi connectivity index (χ2n) is 6.68. The Hall–Kier alpha value is -1.76. The summed E-state index contributed by atoms with van der Waals surface area (Å²) in [6.45, 7) is 4.08. The molecule has 134 valence electrons. The fourth-order valence-electron chi connectivity index (χ4n) is 3.07. The maximum Gasteiger partial charge on any atom is 0.240 e. The summed E-state index contributed by atoms with van der Waals surface area (Å²) in [7, 11) is 1.95. The average Bonchev–Trinajstić information content (AvgIpc) is 3.19.